The van der Waals surface area contributed by atoms with E-state index in [1.54, 1.807) is 6.92 Å². The van der Waals surface area contributed by atoms with Crippen molar-refractivity contribution in [2.75, 3.05) is 5.32 Å². The molecule has 2 aromatic rings. The van der Waals surface area contributed by atoms with Gasteiger partial charge in [-0.05, 0) is 44.2 Å². The van der Waals surface area contributed by atoms with Gasteiger partial charge in [0.25, 0.3) is 5.91 Å². The molecule has 2 amide bonds. The second-order valence-electron chi connectivity index (χ2n) is 5.54. The average Bonchev–Trinajstić information content (AvgIpc) is 2.57. The number of phenols is 1. The molecule has 7 heteroatoms. The van der Waals surface area contributed by atoms with Crippen LogP contribution in [0, 0.1) is 6.92 Å². The highest BCUT2D eigenvalue weighted by molar-refractivity contribution is 6.31. The van der Waals surface area contributed by atoms with E-state index >= 15 is 0 Å². The number of aryl methyl sites for hydroxylation is 1. The predicted octanol–water partition coefficient (Wildman–Crippen LogP) is 3.49. The van der Waals surface area contributed by atoms with Crippen LogP contribution in [0.25, 0.3) is 0 Å². The number of carbonyl (C=O) groups excluding carboxylic acids is 2. The van der Waals surface area contributed by atoms with Crippen molar-refractivity contribution >= 4 is 34.8 Å². The van der Waals surface area contributed by atoms with Crippen LogP contribution in [0.4, 0.5) is 5.69 Å². The Morgan fingerprint density at radius 2 is 1.84 bits per heavy atom. The molecule has 0 aromatic heterocycles. The molecular weight excluding hydrogens is 342 g/mol. The first-order chi connectivity index (χ1) is 11.8. The highest BCUT2D eigenvalue weighted by Crippen LogP contribution is 2.21. The van der Waals surface area contributed by atoms with Crippen LogP contribution >= 0.6 is 11.6 Å². The number of anilines is 1. The summed E-state index contributed by atoms with van der Waals surface area (Å²) in [5, 5.41) is 16.6. The van der Waals surface area contributed by atoms with Gasteiger partial charge in [-0.25, -0.2) is 5.43 Å². The molecule has 0 aliphatic carbocycles. The van der Waals surface area contributed by atoms with Gasteiger partial charge in [-0.3, -0.25) is 9.59 Å². The molecule has 130 valence electrons. The van der Waals surface area contributed by atoms with Gasteiger partial charge in [0.1, 0.15) is 5.75 Å². The molecule has 25 heavy (non-hydrogen) atoms. The van der Waals surface area contributed by atoms with Crippen LogP contribution in [-0.2, 0) is 4.79 Å². The molecule has 2 aromatic carbocycles. The summed E-state index contributed by atoms with van der Waals surface area (Å²) in [6.07, 6.45) is 0.0235. The Morgan fingerprint density at radius 1 is 1.16 bits per heavy atom. The number of aromatic hydroxyl groups is 1. The minimum atomic E-state index is -0.613. The van der Waals surface area contributed by atoms with Gasteiger partial charge in [0.15, 0.2) is 0 Å². The lowest BCUT2D eigenvalue weighted by Crippen LogP contribution is -2.21. The highest BCUT2D eigenvalue weighted by atomic mass is 35.5. The number of benzene rings is 2. The summed E-state index contributed by atoms with van der Waals surface area (Å²) in [6, 6.07) is 11.5. The molecule has 0 saturated heterocycles. The first-order valence-electron chi connectivity index (χ1n) is 7.53. The third kappa shape index (κ3) is 5.61. The number of rotatable bonds is 5. The van der Waals surface area contributed by atoms with E-state index in [-0.39, 0.29) is 23.6 Å². The van der Waals surface area contributed by atoms with E-state index in [0.717, 1.165) is 5.56 Å². The van der Waals surface area contributed by atoms with Gasteiger partial charge >= 0.3 is 0 Å². The van der Waals surface area contributed by atoms with Gasteiger partial charge in [-0.1, -0.05) is 29.3 Å². The maximum absolute atomic E-state index is 12.0. The minimum absolute atomic E-state index is 0.00755. The van der Waals surface area contributed by atoms with Crippen LogP contribution in [0.2, 0.25) is 5.02 Å². The number of nitrogens with one attached hydrogen (secondary N) is 2. The Hall–Kier alpha value is -2.86. The Morgan fingerprint density at radius 3 is 2.52 bits per heavy atom. The summed E-state index contributed by atoms with van der Waals surface area (Å²) in [7, 11) is 0. The van der Waals surface area contributed by atoms with Crippen molar-refractivity contribution < 1.29 is 14.7 Å². The fraction of sp³-hybridized carbons (Fsp3) is 0.167. The number of hydrogen-bond acceptors (Lipinski definition) is 4. The van der Waals surface area contributed by atoms with Crippen molar-refractivity contribution in [3.8, 4) is 5.75 Å². The number of halogens is 1. The molecule has 0 radical (unpaired) electrons. The maximum atomic E-state index is 12.0. The molecule has 0 aliphatic heterocycles. The molecular formula is C18H18ClN3O3. The lowest BCUT2D eigenvalue weighted by atomic mass is 10.2. The van der Waals surface area contributed by atoms with Crippen molar-refractivity contribution in [3.63, 3.8) is 0 Å². The zero-order valence-corrected chi connectivity index (χ0v) is 14.6. The first-order valence-corrected chi connectivity index (χ1v) is 7.91. The third-order valence-corrected chi connectivity index (χ3v) is 3.54. The van der Waals surface area contributed by atoms with E-state index in [1.165, 1.54) is 18.2 Å². The predicted molar refractivity (Wildman–Crippen MR) is 98.1 cm³/mol. The largest absolute Gasteiger partial charge is 0.507 e. The van der Waals surface area contributed by atoms with Crippen molar-refractivity contribution in [1.29, 1.82) is 0 Å². The molecule has 2 rings (SSSR count). The lowest BCUT2D eigenvalue weighted by Gasteiger charge is -2.06. The molecule has 0 atom stereocenters. The molecule has 3 N–H and O–H groups in total. The van der Waals surface area contributed by atoms with Crippen LogP contribution in [0.15, 0.2) is 47.6 Å². The number of hydrogen-bond donors (Lipinski definition) is 3. The molecule has 0 spiro atoms. The molecule has 0 aliphatic rings. The normalized spacial score (nSPS) is 11.1. The molecule has 0 heterocycles. The summed E-state index contributed by atoms with van der Waals surface area (Å²) in [5.41, 5.74) is 4.51. The summed E-state index contributed by atoms with van der Waals surface area (Å²) < 4.78 is 0. The van der Waals surface area contributed by atoms with Gasteiger partial charge in [0, 0.05) is 16.4 Å². The summed E-state index contributed by atoms with van der Waals surface area (Å²) >= 11 is 5.80. The molecule has 0 saturated carbocycles. The summed E-state index contributed by atoms with van der Waals surface area (Å²) in [5.74, 6) is -1.06. The van der Waals surface area contributed by atoms with Crippen LogP contribution in [0.1, 0.15) is 29.3 Å². The Kier molecular flexibility index (Phi) is 6.14. The van der Waals surface area contributed by atoms with Crippen LogP contribution in [0.5, 0.6) is 5.75 Å². The van der Waals surface area contributed by atoms with Crippen LogP contribution in [0.3, 0.4) is 0 Å². The van der Waals surface area contributed by atoms with E-state index in [0.29, 0.717) is 16.4 Å². The van der Waals surface area contributed by atoms with Gasteiger partial charge in [-0.15, -0.1) is 0 Å². The Balaban J connectivity index is 1.92. The SMILES string of the molecule is C/C(CC(=O)Nc1ccc(C)cc1)=N/NC(=O)c1cc(Cl)ccc1O. The fourth-order valence-electron chi connectivity index (χ4n) is 2.01. The summed E-state index contributed by atoms with van der Waals surface area (Å²) in [4.78, 5) is 24.0. The number of carbonyl (C=O) groups is 2. The summed E-state index contributed by atoms with van der Waals surface area (Å²) in [6.45, 7) is 3.58. The third-order valence-electron chi connectivity index (χ3n) is 3.30. The zero-order valence-electron chi connectivity index (χ0n) is 13.8. The standard InChI is InChI=1S/C18H18ClN3O3/c1-11-3-6-14(7-4-11)20-17(24)9-12(2)21-22-18(25)15-10-13(19)5-8-16(15)23/h3-8,10,23H,9H2,1-2H3,(H,20,24)(H,22,25)/b21-12-. The number of phenolic OH excluding ortho intramolecular Hbond substituents is 1. The Bertz CT molecular complexity index is 817. The maximum Gasteiger partial charge on any atom is 0.275 e. The molecule has 6 nitrogen and oxygen atoms in total. The van der Waals surface area contributed by atoms with Crippen molar-refractivity contribution in [2.24, 2.45) is 5.10 Å². The van der Waals surface area contributed by atoms with Gasteiger partial charge in [0.05, 0.1) is 12.0 Å². The molecule has 0 bridgehead atoms. The smallest absolute Gasteiger partial charge is 0.275 e. The lowest BCUT2D eigenvalue weighted by molar-refractivity contribution is -0.115. The van der Waals surface area contributed by atoms with Gasteiger partial charge in [0.2, 0.25) is 5.91 Å². The van der Waals surface area contributed by atoms with Gasteiger partial charge in [-0.2, -0.15) is 5.10 Å². The van der Waals surface area contributed by atoms with E-state index in [2.05, 4.69) is 15.8 Å². The van der Waals surface area contributed by atoms with Gasteiger partial charge < -0.3 is 10.4 Å². The van der Waals surface area contributed by atoms with E-state index in [1.807, 2.05) is 31.2 Å². The minimum Gasteiger partial charge on any atom is -0.507 e. The van der Waals surface area contributed by atoms with E-state index in [4.69, 9.17) is 11.6 Å². The van der Waals surface area contributed by atoms with Crippen molar-refractivity contribution in [3.05, 3.63) is 58.6 Å². The highest BCUT2D eigenvalue weighted by Gasteiger charge is 2.11. The van der Waals surface area contributed by atoms with Crippen molar-refractivity contribution in [2.45, 2.75) is 20.3 Å². The quantitative estimate of drug-likeness (QED) is 0.563. The monoisotopic (exact) mass is 359 g/mol. The van der Waals surface area contributed by atoms with E-state index < -0.39 is 5.91 Å². The molecule has 0 fully saturated rings. The molecule has 0 unspecified atom stereocenters. The number of hydrazone groups is 1. The zero-order chi connectivity index (χ0) is 18.4. The van der Waals surface area contributed by atoms with Crippen molar-refractivity contribution in [1.82, 2.24) is 5.43 Å². The van der Waals surface area contributed by atoms with E-state index in [9.17, 15) is 14.7 Å². The number of nitrogens with zero attached hydrogens (tertiary/aromatic N) is 1. The fourth-order valence-corrected chi connectivity index (χ4v) is 2.18. The number of amides is 2. The van der Waals surface area contributed by atoms with Crippen LogP contribution < -0.4 is 10.7 Å². The second kappa shape index (κ2) is 8.30. The second-order valence-corrected chi connectivity index (χ2v) is 5.98. The topological polar surface area (TPSA) is 90.8 Å². The Labute approximate surface area is 150 Å². The first kappa shape index (κ1) is 18.5. The average molecular weight is 360 g/mol. The van der Waals surface area contributed by atoms with Crippen LogP contribution in [-0.4, -0.2) is 22.6 Å².